The highest BCUT2D eigenvalue weighted by molar-refractivity contribution is 9.10. The fourth-order valence-corrected chi connectivity index (χ4v) is 3.76. The van der Waals surface area contributed by atoms with Gasteiger partial charge in [-0.2, -0.15) is 0 Å². The van der Waals surface area contributed by atoms with E-state index in [9.17, 15) is 33.0 Å². The Morgan fingerprint density at radius 3 is 2.22 bits per heavy atom. The van der Waals surface area contributed by atoms with Crippen LogP contribution in [0, 0.1) is 5.92 Å². The highest BCUT2D eigenvalue weighted by Gasteiger charge is 2.32. The summed E-state index contributed by atoms with van der Waals surface area (Å²) in [4.78, 5) is 24.3. The van der Waals surface area contributed by atoms with Gasteiger partial charge in [-0.1, -0.05) is 40.2 Å². The number of aliphatic hydroxyl groups is 1. The van der Waals surface area contributed by atoms with Crippen molar-refractivity contribution in [3.8, 4) is 5.75 Å². The first-order valence-electron chi connectivity index (χ1n) is 11.1. The van der Waals surface area contributed by atoms with E-state index in [2.05, 4.69) is 26.0 Å². The van der Waals surface area contributed by atoms with E-state index in [-0.39, 0.29) is 19.3 Å². The number of alkyl halides is 3. The minimum atomic E-state index is -4.88. The minimum absolute atomic E-state index is 0.154. The molecule has 0 aliphatic rings. The maximum atomic E-state index is 12.5. The number of halogens is 4. The van der Waals surface area contributed by atoms with Crippen molar-refractivity contribution >= 4 is 28.0 Å². The second kappa shape index (κ2) is 12.4. The monoisotopic (exact) mass is 575 g/mol. The molecule has 0 aromatic heterocycles. The van der Waals surface area contributed by atoms with Crippen molar-refractivity contribution in [2.75, 3.05) is 0 Å². The summed E-state index contributed by atoms with van der Waals surface area (Å²) in [6, 6.07) is 11.3. The predicted molar refractivity (Wildman–Crippen MR) is 130 cm³/mol. The Labute approximate surface area is 215 Å². The van der Waals surface area contributed by atoms with Crippen molar-refractivity contribution in [2.45, 2.75) is 64.1 Å². The minimum Gasteiger partial charge on any atom is -0.481 e. The number of carboxylic acid groups (broad SMARTS) is 1. The van der Waals surface area contributed by atoms with Gasteiger partial charge in [0.15, 0.2) is 0 Å². The van der Waals surface area contributed by atoms with Gasteiger partial charge in [-0.3, -0.25) is 4.79 Å². The molecule has 0 aliphatic heterocycles. The Bertz CT molecular complexity index is 1020. The molecule has 1 amide bonds. The predicted octanol–water partition coefficient (Wildman–Crippen LogP) is 5.48. The molecule has 0 bridgehead atoms. The van der Waals surface area contributed by atoms with Crippen molar-refractivity contribution in [3.05, 3.63) is 64.1 Å². The topological polar surface area (TPSA) is 105 Å². The van der Waals surface area contributed by atoms with E-state index in [1.807, 2.05) is 0 Å². The van der Waals surface area contributed by atoms with Crippen LogP contribution in [0.1, 0.15) is 38.3 Å². The quantitative estimate of drug-likeness (QED) is 0.346. The molecule has 0 unspecified atom stereocenters. The molecule has 2 aromatic rings. The zero-order valence-corrected chi connectivity index (χ0v) is 21.6. The number of ether oxygens (including phenoxy) is 2. The van der Waals surface area contributed by atoms with Gasteiger partial charge in [-0.05, 0) is 75.4 Å². The SMILES string of the molecule is CC(C)(C)OC(=O)N[C@@H](Cc1ccc(Br)cc1)[C@@H](O)C[C@@H](Cc1cccc(OC(F)(F)F)c1)C(=O)O. The van der Waals surface area contributed by atoms with E-state index in [0.717, 1.165) is 22.2 Å². The number of carbonyl (C=O) groups excluding carboxylic acids is 1. The Kier molecular flexibility index (Phi) is 10.2. The lowest BCUT2D eigenvalue weighted by Gasteiger charge is -2.28. The fraction of sp³-hybridized carbons (Fsp3) is 0.440. The van der Waals surface area contributed by atoms with Gasteiger partial charge in [-0.25, -0.2) is 4.79 Å². The molecule has 0 radical (unpaired) electrons. The number of hydrogen-bond acceptors (Lipinski definition) is 5. The molecule has 0 spiro atoms. The zero-order chi connectivity index (χ0) is 27.1. The number of amides is 1. The van der Waals surface area contributed by atoms with Gasteiger partial charge in [0.25, 0.3) is 0 Å². The van der Waals surface area contributed by atoms with Crippen molar-refractivity contribution in [3.63, 3.8) is 0 Å². The number of carbonyl (C=O) groups is 2. The molecule has 0 saturated heterocycles. The summed E-state index contributed by atoms with van der Waals surface area (Å²) >= 11 is 3.34. The molecule has 3 N–H and O–H groups in total. The van der Waals surface area contributed by atoms with Crippen LogP contribution in [0.15, 0.2) is 53.0 Å². The smallest absolute Gasteiger partial charge is 0.481 e. The van der Waals surface area contributed by atoms with Gasteiger partial charge in [0.2, 0.25) is 0 Å². The van der Waals surface area contributed by atoms with Crippen LogP contribution in [0.4, 0.5) is 18.0 Å². The number of nitrogens with one attached hydrogen (secondary N) is 1. The van der Waals surface area contributed by atoms with Gasteiger partial charge in [0.1, 0.15) is 11.4 Å². The summed E-state index contributed by atoms with van der Waals surface area (Å²) in [6.45, 7) is 5.05. The van der Waals surface area contributed by atoms with E-state index < -0.39 is 47.8 Å². The number of carboxylic acids is 1. The van der Waals surface area contributed by atoms with Gasteiger partial charge < -0.3 is 25.0 Å². The van der Waals surface area contributed by atoms with Crippen LogP contribution in [0.3, 0.4) is 0 Å². The average Bonchev–Trinajstić information content (AvgIpc) is 2.72. The van der Waals surface area contributed by atoms with Crippen LogP contribution in [0.25, 0.3) is 0 Å². The first kappa shape index (κ1) is 29.4. The van der Waals surface area contributed by atoms with Crippen LogP contribution in [0.5, 0.6) is 5.75 Å². The van der Waals surface area contributed by atoms with E-state index in [0.29, 0.717) is 5.56 Å². The summed E-state index contributed by atoms with van der Waals surface area (Å²) in [5.41, 5.74) is 0.285. The van der Waals surface area contributed by atoms with Crippen molar-refractivity contribution in [1.82, 2.24) is 5.32 Å². The molecule has 0 heterocycles. The normalized spacial score (nSPS) is 14.4. The van der Waals surface area contributed by atoms with Crippen LogP contribution in [-0.2, 0) is 22.4 Å². The molecule has 2 aromatic carbocycles. The Hall–Kier alpha value is -2.79. The molecule has 3 atom stereocenters. The molecule has 2 rings (SSSR count). The third-order valence-electron chi connectivity index (χ3n) is 5.02. The molecule has 36 heavy (non-hydrogen) atoms. The summed E-state index contributed by atoms with van der Waals surface area (Å²) in [5, 5.41) is 23.3. The molecule has 11 heteroatoms. The summed E-state index contributed by atoms with van der Waals surface area (Å²) < 4.78 is 47.6. The van der Waals surface area contributed by atoms with Crippen LogP contribution in [-0.4, -0.2) is 46.4 Å². The summed E-state index contributed by atoms with van der Waals surface area (Å²) in [5.74, 6) is -2.85. The Morgan fingerprint density at radius 1 is 1.03 bits per heavy atom. The van der Waals surface area contributed by atoms with Gasteiger partial charge in [-0.15, -0.1) is 13.2 Å². The third-order valence-corrected chi connectivity index (χ3v) is 5.55. The van der Waals surface area contributed by atoms with Gasteiger partial charge in [0.05, 0.1) is 18.1 Å². The molecule has 198 valence electrons. The number of aliphatic carboxylic acids is 1. The first-order chi connectivity index (χ1) is 16.6. The number of benzene rings is 2. The molecule has 0 aliphatic carbocycles. The average molecular weight is 576 g/mol. The summed E-state index contributed by atoms with van der Waals surface area (Å²) in [7, 11) is 0. The number of rotatable bonds is 10. The molecule has 0 saturated carbocycles. The van der Waals surface area contributed by atoms with Crippen LogP contribution >= 0.6 is 15.9 Å². The molecule has 0 fully saturated rings. The van der Waals surface area contributed by atoms with Crippen molar-refractivity contribution in [2.24, 2.45) is 5.92 Å². The van der Waals surface area contributed by atoms with Gasteiger partial charge in [0, 0.05) is 4.47 Å². The van der Waals surface area contributed by atoms with E-state index in [1.165, 1.54) is 12.1 Å². The second-order valence-corrected chi connectivity index (χ2v) is 10.2. The molecule has 7 nitrogen and oxygen atoms in total. The highest BCUT2D eigenvalue weighted by atomic mass is 79.9. The van der Waals surface area contributed by atoms with Crippen molar-refractivity contribution in [1.29, 1.82) is 0 Å². The van der Waals surface area contributed by atoms with E-state index in [4.69, 9.17) is 4.74 Å². The lowest BCUT2D eigenvalue weighted by molar-refractivity contribution is -0.274. The van der Waals surface area contributed by atoms with E-state index in [1.54, 1.807) is 45.0 Å². The fourth-order valence-electron chi connectivity index (χ4n) is 3.50. The zero-order valence-electron chi connectivity index (χ0n) is 20.0. The Balaban J connectivity index is 2.19. The van der Waals surface area contributed by atoms with Crippen molar-refractivity contribution < 1.29 is 42.4 Å². The molecular formula is C25H29BrF3NO6. The van der Waals surface area contributed by atoms with Crippen LogP contribution in [0.2, 0.25) is 0 Å². The number of hydrogen-bond donors (Lipinski definition) is 3. The van der Waals surface area contributed by atoms with E-state index >= 15 is 0 Å². The maximum Gasteiger partial charge on any atom is 0.573 e. The summed E-state index contributed by atoms with van der Waals surface area (Å²) in [6.07, 6.45) is -7.18. The lowest BCUT2D eigenvalue weighted by Crippen LogP contribution is -2.47. The van der Waals surface area contributed by atoms with Crippen LogP contribution < -0.4 is 10.1 Å². The lowest BCUT2D eigenvalue weighted by atomic mass is 9.89. The highest BCUT2D eigenvalue weighted by Crippen LogP contribution is 2.26. The van der Waals surface area contributed by atoms with Gasteiger partial charge >= 0.3 is 18.4 Å². The standard InChI is InChI=1S/C25H29BrF3NO6/c1-24(2,3)36-23(34)30-20(13-15-7-9-18(26)10-8-15)21(31)14-17(22(32)33)11-16-5-4-6-19(12-16)35-25(27,28)29/h4-10,12,17,20-21,31H,11,13-14H2,1-3H3,(H,30,34)(H,32,33)/t17-,20+,21+/m1/s1. The number of aliphatic hydroxyl groups excluding tert-OH is 1. The first-order valence-corrected chi connectivity index (χ1v) is 11.9. The second-order valence-electron chi connectivity index (χ2n) is 9.32. The largest absolute Gasteiger partial charge is 0.573 e. The molecular weight excluding hydrogens is 547 g/mol. The third kappa shape index (κ3) is 10.9. The maximum absolute atomic E-state index is 12.5. The Morgan fingerprint density at radius 2 is 1.67 bits per heavy atom. The number of alkyl carbamates (subject to hydrolysis) is 1.